The molecule has 8 nitrogen and oxygen atoms in total. The van der Waals surface area contributed by atoms with Crippen LogP contribution in [0.4, 0.5) is 0 Å². The molecule has 3 heterocycles. The second-order valence-corrected chi connectivity index (χ2v) is 8.68. The number of aromatic carboxylic acids is 2. The molecule has 0 spiro atoms. The Kier molecular flexibility index (Phi) is 3.59. The van der Waals surface area contributed by atoms with Gasteiger partial charge in [0.2, 0.25) is 0 Å². The van der Waals surface area contributed by atoms with Crippen molar-refractivity contribution in [2.45, 2.75) is 0 Å². The van der Waals surface area contributed by atoms with Crippen LogP contribution in [-0.2, 0) is 0 Å². The number of nitrogens with one attached hydrogen (secondary N) is 3. The number of fused-ring (bicyclic) bond motifs is 12. The summed E-state index contributed by atoms with van der Waals surface area (Å²) >= 11 is 0. The van der Waals surface area contributed by atoms with Crippen LogP contribution in [0, 0.1) is 0 Å². The number of carbonyl (C=O) groups is 3. The van der Waals surface area contributed by atoms with Crippen LogP contribution in [0.25, 0.3) is 65.4 Å². The molecule has 0 radical (unpaired) electrons. The van der Waals surface area contributed by atoms with Gasteiger partial charge in [-0.05, 0) is 54.6 Å². The van der Waals surface area contributed by atoms with E-state index in [0.29, 0.717) is 5.56 Å². The van der Waals surface area contributed by atoms with Crippen LogP contribution in [0.2, 0.25) is 0 Å². The topological polar surface area (TPSA) is 139 Å². The lowest BCUT2D eigenvalue weighted by Gasteiger charge is -2.02. The Balaban J connectivity index is 1.81. The molecule has 0 aliphatic rings. The number of aromatic nitrogens is 3. The molecule has 0 aliphatic carbocycles. The van der Waals surface area contributed by atoms with Gasteiger partial charge in [0.05, 0.1) is 27.7 Å². The van der Waals surface area contributed by atoms with Crippen molar-refractivity contribution in [3.8, 4) is 0 Å². The summed E-state index contributed by atoms with van der Waals surface area (Å²) in [6.45, 7) is 0. The van der Waals surface area contributed by atoms with Crippen molar-refractivity contribution in [1.82, 2.24) is 15.0 Å². The standard InChI is InChI=1S/C27H15N3O5/c31-10-11-1-4-17-14(7-11)20-21-15-8-12(26(32)33)2-5-18(15)29-24(21)25-22(23(20)28-17)16-9-13(27(34)35)3-6-19(16)30-25/h1-10,28-30H,(H,32,33)(H,34,35). The predicted octanol–water partition coefficient (Wildman–Crippen LogP) is 5.80. The first-order valence-electron chi connectivity index (χ1n) is 10.8. The zero-order chi connectivity index (χ0) is 24.0. The van der Waals surface area contributed by atoms with E-state index in [0.717, 1.165) is 71.7 Å². The molecular weight excluding hydrogens is 446 g/mol. The van der Waals surface area contributed by atoms with E-state index in [9.17, 15) is 24.6 Å². The highest BCUT2D eigenvalue weighted by Gasteiger charge is 2.22. The van der Waals surface area contributed by atoms with Crippen molar-refractivity contribution in [2.75, 3.05) is 0 Å². The number of carbonyl (C=O) groups excluding carboxylic acids is 1. The molecule has 8 heteroatoms. The number of aldehydes is 1. The smallest absolute Gasteiger partial charge is 0.335 e. The van der Waals surface area contributed by atoms with Gasteiger partial charge in [0.15, 0.2) is 0 Å². The van der Waals surface area contributed by atoms with Gasteiger partial charge in [-0.25, -0.2) is 9.59 Å². The van der Waals surface area contributed by atoms with Crippen molar-refractivity contribution < 1.29 is 24.6 Å². The highest BCUT2D eigenvalue weighted by atomic mass is 16.4. The third-order valence-corrected chi connectivity index (χ3v) is 6.80. The fraction of sp³-hybridized carbons (Fsp3) is 0. The van der Waals surface area contributed by atoms with Crippen LogP contribution < -0.4 is 0 Å². The van der Waals surface area contributed by atoms with E-state index in [1.807, 2.05) is 12.1 Å². The highest BCUT2D eigenvalue weighted by Crippen LogP contribution is 2.44. The molecular formula is C27H15N3O5. The minimum Gasteiger partial charge on any atom is -0.478 e. The number of hydrogen-bond acceptors (Lipinski definition) is 3. The maximum Gasteiger partial charge on any atom is 0.335 e. The molecule has 0 fully saturated rings. The Morgan fingerprint density at radius 2 is 1.06 bits per heavy atom. The Morgan fingerprint density at radius 1 is 0.600 bits per heavy atom. The van der Waals surface area contributed by atoms with E-state index in [1.165, 1.54) is 0 Å². The maximum atomic E-state index is 11.7. The lowest BCUT2D eigenvalue weighted by atomic mass is 9.99. The third-order valence-electron chi connectivity index (χ3n) is 6.80. The van der Waals surface area contributed by atoms with E-state index in [1.54, 1.807) is 42.5 Å². The SMILES string of the molecule is O=Cc1ccc2[nH]c3c4c5cc(C(=O)O)ccc5[nH]c4c4[nH]c5ccc(C(=O)O)cc5c4c3c2c1. The van der Waals surface area contributed by atoms with Crippen LogP contribution >= 0.6 is 0 Å². The molecule has 7 aromatic rings. The van der Waals surface area contributed by atoms with Gasteiger partial charge in [-0.2, -0.15) is 0 Å². The Hall–Kier alpha value is -5.11. The Bertz CT molecular complexity index is 2090. The number of carboxylic acid groups (broad SMARTS) is 2. The molecule has 0 amide bonds. The summed E-state index contributed by atoms with van der Waals surface area (Å²) in [5.74, 6) is -2.04. The van der Waals surface area contributed by atoms with Gasteiger partial charge in [0.1, 0.15) is 6.29 Å². The van der Waals surface area contributed by atoms with Gasteiger partial charge in [-0.1, -0.05) is 0 Å². The largest absolute Gasteiger partial charge is 0.478 e. The second kappa shape index (κ2) is 6.48. The van der Waals surface area contributed by atoms with Crippen LogP contribution in [0.15, 0.2) is 54.6 Å². The van der Waals surface area contributed by atoms with Gasteiger partial charge in [-0.15, -0.1) is 0 Å². The molecule has 7 rings (SSSR count). The Labute approximate surface area is 194 Å². The van der Waals surface area contributed by atoms with Crippen molar-refractivity contribution >= 4 is 83.6 Å². The van der Waals surface area contributed by atoms with Gasteiger partial charge in [0.25, 0.3) is 0 Å². The number of hydrogen-bond donors (Lipinski definition) is 5. The average Bonchev–Trinajstić information content (AvgIpc) is 3.53. The highest BCUT2D eigenvalue weighted by molar-refractivity contribution is 6.39. The summed E-state index contributed by atoms with van der Waals surface area (Å²) in [6.07, 6.45) is 0.788. The van der Waals surface area contributed by atoms with Crippen molar-refractivity contribution in [3.63, 3.8) is 0 Å². The first-order valence-corrected chi connectivity index (χ1v) is 10.8. The second-order valence-electron chi connectivity index (χ2n) is 8.68. The number of benzene rings is 4. The fourth-order valence-corrected chi connectivity index (χ4v) is 5.27. The van der Waals surface area contributed by atoms with Crippen LogP contribution in [-0.4, -0.2) is 43.4 Å². The van der Waals surface area contributed by atoms with Gasteiger partial charge in [0, 0.05) is 54.4 Å². The maximum absolute atomic E-state index is 11.7. The number of carboxylic acids is 2. The molecule has 168 valence electrons. The van der Waals surface area contributed by atoms with Crippen molar-refractivity contribution in [2.24, 2.45) is 0 Å². The monoisotopic (exact) mass is 461 g/mol. The molecule has 0 unspecified atom stereocenters. The fourth-order valence-electron chi connectivity index (χ4n) is 5.27. The summed E-state index contributed by atoms with van der Waals surface area (Å²) in [5.41, 5.74) is 5.55. The van der Waals surface area contributed by atoms with Crippen LogP contribution in [0.5, 0.6) is 0 Å². The molecule has 0 saturated heterocycles. The van der Waals surface area contributed by atoms with E-state index in [-0.39, 0.29) is 11.1 Å². The summed E-state index contributed by atoms with van der Waals surface area (Å²) in [4.78, 5) is 45.3. The quantitative estimate of drug-likeness (QED) is 0.212. The molecule has 4 aromatic carbocycles. The summed E-state index contributed by atoms with van der Waals surface area (Å²) in [5, 5.41) is 24.0. The normalized spacial score (nSPS) is 12.0. The summed E-state index contributed by atoms with van der Waals surface area (Å²) < 4.78 is 0. The molecule has 0 atom stereocenters. The van der Waals surface area contributed by atoms with Crippen LogP contribution in [0.1, 0.15) is 31.1 Å². The third kappa shape index (κ3) is 2.47. The minimum atomic E-state index is -1.02. The molecule has 35 heavy (non-hydrogen) atoms. The van der Waals surface area contributed by atoms with Gasteiger partial charge in [-0.3, -0.25) is 4.79 Å². The zero-order valence-corrected chi connectivity index (χ0v) is 17.9. The lowest BCUT2D eigenvalue weighted by molar-refractivity contribution is 0.0686. The van der Waals surface area contributed by atoms with Crippen LogP contribution in [0.3, 0.4) is 0 Å². The first-order chi connectivity index (χ1) is 16.9. The lowest BCUT2D eigenvalue weighted by Crippen LogP contribution is -1.94. The van der Waals surface area contributed by atoms with E-state index < -0.39 is 11.9 Å². The number of aromatic amines is 3. The average molecular weight is 461 g/mol. The number of rotatable bonds is 3. The molecule has 0 saturated carbocycles. The van der Waals surface area contributed by atoms with Crippen molar-refractivity contribution in [1.29, 1.82) is 0 Å². The zero-order valence-electron chi connectivity index (χ0n) is 17.9. The molecule has 0 bridgehead atoms. The number of H-pyrrole nitrogens is 3. The van der Waals surface area contributed by atoms with E-state index >= 15 is 0 Å². The summed E-state index contributed by atoms with van der Waals surface area (Å²) in [7, 11) is 0. The molecule has 0 aliphatic heterocycles. The van der Waals surface area contributed by atoms with Crippen molar-refractivity contribution in [3.05, 3.63) is 71.3 Å². The van der Waals surface area contributed by atoms with E-state index in [2.05, 4.69) is 15.0 Å². The predicted molar refractivity (Wildman–Crippen MR) is 134 cm³/mol. The van der Waals surface area contributed by atoms with E-state index in [4.69, 9.17) is 0 Å². The minimum absolute atomic E-state index is 0.169. The summed E-state index contributed by atoms with van der Waals surface area (Å²) in [6, 6.07) is 15.3. The molecule has 5 N–H and O–H groups in total. The molecule has 3 aromatic heterocycles. The van der Waals surface area contributed by atoms with Gasteiger partial charge >= 0.3 is 11.9 Å². The van der Waals surface area contributed by atoms with Gasteiger partial charge < -0.3 is 25.2 Å². The first kappa shape index (κ1) is 19.4. The Morgan fingerprint density at radius 3 is 1.63 bits per heavy atom.